The maximum absolute atomic E-state index is 13.2. The molecule has 17 heavy (non-hydrogen) atoms. The number of likely N-dealkylation sites (tertiary alicyclic amines) is 1. The van der Waals surface area contributed by atoms with E-state index in [1.807, 2.05) is 0 Å². The van der Waals surface area contributed by atoms with E-state index in [1.165, 1.54) is 25.3 Å². The average molecular weight is 235 g/mol. The Morgan fingerprint density at radius 1 is 1.29 bits per heavy atom. The fraction of sp³-hybridized carbons (Fsp3) is 0.500. The molecule has 1 aromatic carbocycles. The molecule has 3 heteroatoms. The number of piperidine rings is 1. The lowest BCUT2D eigenvalue weighted by molar-refractivity contribution is 0.111. The minimum atomic E-state index is -0.436. The van der Waals surface area contributed by atoms with Crippen molar-refractivity contribution in [2.24, 2.45) is 0 Å². The van der Waals surface area contributed by atoms with Crippen LogP contribution in [0, 0.1) is 5.82 Å². The van der Waals surface area contributed by atoms with Crippen LogP contribution < -0.4 is 0 Å². The van der Waals surface area contributed by atoms with Crippen molar-refractivity contribution in [3.05, 3.63) is 35.1 Å². The smallest absolute Gasteiger partial charge is 0.153 e. The van der Waals surface area contributed by atoms with Crippen molar-refractivity contribution in [3.8, 4) is 0 Å². The molecule has 92 valence electrons. The standard InChI is InChI=1S/C14H18FNO/c1-11(16-7-3-2-4-8-16)12-5-6-14(15)13(9-12)10-17/h5-6,9-11H,2-4,7-8H2,1H3. The van der Waals surface area contributed by atoms with Gasteiger partial charge < -0.3 is 0 Å². The van der Waals surface area contributed by atoms with Gasteiger partial charge in [-0.05, 0) is 50.6 Å². The van der Waals surface area contributed by atoms with Crippen LogP contribution in [-0.2, 0) is 0 Å². The van der Waals surface area contributed by atoms with Crippen molar-refractivity contribution in [2.45, 2.75) is 32.2 Å². The Kier molecular flexibility index (Phi) is 3.89. The van der Waals surface area contributed by atoms with Crippen LogP contribution in [0.3, 0.4) is 0 Å². The molecule has 1 fully saturated rings. The van der Waals surface area contributed by atoms with E-state index >= 15 is 0 Å². The summed E-state index contributed by atoms with van der Waals surface area (Å²) < 4.78 is 13.2. The number of carbonyl (C=O) groups excluding carboxylic acids is 1. The molecule has 0 radical (unpaired) electrons. The molecule has 1 unspecified atom stereocenters. The van der Waals surface area contributed by atoms with Crippen molar-refractivity contribution in [1.29, 1.82) is 0 Å². The summed E-state index contributed by atoms with van der Waals surface area (Å²) in [4.78, 5) is 13.1. The van der Waals surface area contributed by atoms with Gasteiger partial charge in [-0.2, -0.15) is 0 Å². The molecule has 0 amide bonds. The quantitative estimate of drug-likeness (QED) is 0.750. The molecule has 0 spiro atoms. The zero-order chi connectivity index (χ0) is 12.3. The fourth-order valence-electron chi connectivity index (χ4n) is 2.43. The van der Waals surface area contributed by atoms with Gasteiger partial charge in [0, 0.05) is 6.04 Å². The molecule has 1 atom stereocenters. The van der Waals surface area contributed by atoms with Gasteiger partial charge in [0.05, 0.1) is 5.56 Å². The second-order valence-corrected chi connectivity index (χ2v) is 4.67. The Morgan fingerprint density at radius 3 is 2.65 bits per heavy atom. The molecule has 1 heterocycles. The van der Waals surface area contributed by atoms with E-state index in [4.69, 9.17) is 0 Å². The molecular formula is C14H18FNO. The van der Waals surface area contributed by atoms with Gasteiger partial charge in [0.25, 0.3) is 0 Å². The van der Waals surface area contributed by atoms with Gasteiger partial charge in [0.15, 0.2) is 6.29 Å². The summed E-state index contributed by atoms with van der Waals surface area (Å²) in [6, 6.07) is 5.09. The summed E-state index contributed by atoms with van der Waals surface area (Å²) in [5.74, 6) is -0.436. The number of nitrogens with zero attached hydrogens (tertiary/aromatic N) is 1. The number of rotatable bonds is 3. The highest BCUT2D eigenvalue weighted by atomic mass is 19.1. The van der Waals surface area contributed by atoms with Crippen LogP contribution in [0.1, 0.15) is 48.1 Å². The number of carbonyl (C=O) groups is 1. The molecule has 1 aromatic rings. The SMILES string of the molecule is CC(c1ccc(F)c(C=O)c1)N1CCCCC1. The summed E-state index contributed by atoms with van der Waals surface area (Å²) >= 11 is 0. The minimum absolute atomic E-state index is 0.159. The third-order valence-electron chi connectivity index (χ3n) is 3.57. The van der Waals surface area contributed by atoms with Gasteiger partial charge in [-0.25, -0.2) is 4.39 Å². The molecule has 0 aromatic heterocycles. The monoisotopic (exact) mass is 235 g/mol. The topological polar surface area (TPSA) is 20.3 Å². The summed E-state index contributed by atoms with van der Waals surface area (Å²) in [7, 11) is 0. The van der Waals surface area contributed by atoms with E-state index < -0.39 is 5.82 Å². The van der Waals surface area contributed by atoms with Crippen LogP contribution in [0.15, 0.2) is 18.2 Å². The number of benzene rings is 1. The Bertz CT molecular complexity index is 399. The largest absolute Gasteiger partial charge is 0.298 e. The molecule has 1 aliphatic rings. The van der Waals surface area contributed by atoms with Gasteiger partial charge in [0.2, 0.25) is 0 Å². The third-order valence-corrected chi connectivity index (χ3v) is 3.57. The van der Waals surface area contributed by atoms with Crippen molar-refractivity contribution in [3.63, 3.8) is 0 Å². The normalized spacial score (nSPS) is 18.9. The first-order chi connectivity index (χ1) is 8.22. The predicted octanol–water partition coefficient (Wildman–Crippen LogP) is 3.19. The number of hydrogen-bond donors (Lipinski definition) is 0. The zero-order valence-corrected chi connectivity index (χ0v) is 10.2. The highest BCUT2D eigenvalue weighted by Crippen LogP contribution is 2.25. The van der Waals surface area contributed by atoms with Crippen LogP contribution >= 0.6 is 0 Å². The molecule has 0 N–H and O–H groups in total. The van der Waals surface area contributed by atoms with Crippen molar-refractivity contribution in [1.82, 2.24) is 4.90 Å². The summed E-state index contributed by atoms with van der Waals surface area (Å²) in [5, 5.41) is 0. The second-order valence-electron chi connectivity index (χ2n) is 4.67. The van der Waals surface area contributed by atoms with Gasteiger partial charge in [-0.15, -0.1) is 0 Å². The summed E-state index contributed by atoms with van der Waals surface area (Å²) in [6.45, 7) is 4.30. The van der Waals surface area contributed by atoms with Crippen LogP contribution in [0.25, 0.3) is 0 Å². The number of halogens is 1. The highest BCUT2D eigenvalue weighted by Gasteiger charge is 2.18. The molecule has 0 aliphatic carbocycles. The number of aldehydes is 1. The third kappa shape index (κ3) is 2.72. The lowest BCUT2D eigenvalue weighted by atomic mass is 10.0. The van der Waals surface area contributed by atoms with E-state index in [9.17, 15) is 9.18 Å². The Labute approximate surface area is 101 Å². The molecule has 0 bridgehead atoms. The van der Waals surface area contributed by atoms with E-state index in [0.717, 1.165) is 18.7 Å². The first kappa shape index (κ1) is 12.2. The van der Waals surface area contributed by atoms with Crippen molar-refractivity contribution in [2.75, 3.05) is 13.1 Å². The Balaban J connectivity index is 2.17. The van der Waals surface area contributed by atoms with Crippen LogP contribution in [0.2, 0.25) is 0 Å². The molecule has 0 saturated carbocycles. The second kappa shape index (κ2) is 5.41. The maximum atomic E-state index is 13.2. The average Bonchev–Trinajstić information content (AvgIpc) is 2.39. The summed E-state index contributed by atoms with van der Waals surface area (Å²) in [6.07, 6.45) is 4.34. The lowest BCUT2D eigenvalue weighted by Crippen LogP contribution is -2.32. The predicted molar refractivity (Wildman–Crippen MR) is 65.6 cm³/mol. The summed E-state index contributed by atoms with van der Waals surface area (Å²) in [5.41, 5.74) is 1.18. The first-order valence-corrected chi connectivity index (χ1v) is 6.21. The van der Waals surface area contributed by atoms with E-state index in [0.29, 0.717) is 6.29 Å². The van der Waals surface area contributed by atoms with Gasteiger partial charge in [0.1, 0.15) is 5.82 Å². The molecule has 1 saturated heterocycles. The van der Waals surface area contributed by atoms with Crippen LogP contribution in [0.4, 0.5) is 4.39 Å². The molecule has 1 aliphatic heterocycles. The van der Waals surface area contributed by atoms with Gasteiger partial charge in [-0.3, -0.25) is 9.69 Å². The Hall–Kier alpha value is -1.22. The van der Waals surface area contributed by atoms with Gasteiger partial charge in [-0.1, -0.05) is 12.5 Å². The van der Waals surface area contributed by atoms with Gasteiger partial charge >= 0.3 is 0 Å². The Morgan fingerprint density at radius 2 is 2.00 bits per heavy atom. The van der Waals surface area contributed by atoms with Crippen LogP contribution in [0.5, 0.6) is 0 Å². The van der Waals surface area contributed by atoms with Crippen LogP contribution in [-0.4, -0.2) is 24.3 Å². The fourth-order valence-corrected chi connectivity index (χ4v) is 2.43. The first-order valence-electron chi connectivity index (χ1n) is 6.21. The molecular weight excluding hydrogens is 217 g/mol. The molecule has 2 nitrogen and oxygen atoms in total. The van der Waals surface area contributed by atoms with Crippen molar-refractivity contribution >= 4 is 6.29 Å². The van der Waals surface area contributed by atoms with E-state index in [-0.39, 0.29) is 11.6 Å². The van der Waals surface area contributed by atoms with Crippen molar-refractivity contribution < 1.29 is 9.18 Å². The zero-order valence-electron chi connectivity index (χ0n) is 10.2. The molecule has 2 rings (SSSR count). The van der Waals surface area contributed by atoms with E-state index in [1.54, 1.807) is 12.1 Å². The highest BCUT2D eigenvalue weighted by molar-refractivity contribution is 5.75. The lowest BCUT2D eigenvalue weighted by Gasteiger charge is -2.32. The minimum Gasteiger partial charge on any atom is -0.298 e. The number of hydrogen-bond acceptors (Lipinski definition) is 2. The maximum Gasteiger partial charge on any atom is 0.153 e. The van der Waals surface area contributed by atoms with E-state index in [2.05, 4.69) is 11.8 Å².